The van der Waals surface area contributed by atoms with Crippen LogP contribution in [0.3, 0.4) is 0 Å². The zero-order chi connectivity index (χ0) is 63.6. The van der Waals surface area contributed by atoms with E-state index in [1.165, 1.54) is 30.9 Å². The van der Waals surface area contributed by atoms with Crippen molar-refractivity contribution in [2.45, 2.75) is 0 Å². The Morgan fingerprint density at radius 1 is 0.237 bits per heavy atom. The third-order valence-electron chi connectivity index (χ3n) is 20.3. The SMILES string of the molecule is N#Cc1c(-c2ccc3c(c2)c2ccccc2n3-c2ccccc2)c(-n2c3ccccc3c3c4ccccc4sc32)c(-c2ccc3c(c2)c2ccccc2n3-c2ccccc2)c(-n2c3ccccc3c3c4ccccc4sc32)c1-c1ccc2c(c1)c1ccccc1n2-c1ccccc1. The van der Waals surface area contributed by atoms with Gasteiger partial charge in [0.2, 0.25) is 0 Å². The zero-order valence-electron chi connectivity index (χ0n) is 52.0. The minimum absolute atomic E-state index is 0.576. The van der Waals surface area contributed by atoms with Crippen molar-refractivity contribution in [3.63, 3.8) is 0 Å². The number of nitrogens with zero attached hydrogens (tertiary/aromatic N) is 6. The molecule has 0 spiro atoms. The molecule has 0 saturated carbocycles. The Hall–Kier alpha value is -12.5. The van der Waals surface area contributed by atoms with E-state index in [1.54, 1.807) is 0 Å². The summed E-state index contributed by atoms with van der Waals surface area (Å²) in [7, 11) is 0. The zero-order valence-corrected chi connectivity index (χ0v) is 53.7. The van der Waals surface area contributed by atoms with E-state index in [-0.39, 0.29) is 0 Å². The maximum Gasteiger partial charge on any atom is 0.109 e. The fourth-order valence-corrected chi connectivity index (χ4v) is 18.9. The summed E-state index contributed by atoms with van der Waals surface area (Å²) in [6.07, 6.45) is 0. The summed E-state index contributed by atoms with van der Waals surface area (Å²) in [6.45, 7) is 0. The number of benzene rings is 14. The fraction of sp³-hybridized carbons (Fsp3) is 0. The van der Waals surface area contributed by atoms with E-state index in [9.17, 15) is 5.26 Å². The van der Waals surface area contributed by atoms with Crippen LogP contribution in [0.5, 0.6) is 0 Å². The molecule has 0 unspecified atom stereocenters. The van der Waals surface area contributed by atoms with Crippen LogP contribution in [-0.4, -0.2) is 22.8 Å². The molecule has 21 rings (SSSR count). The van der Waals surface area contributed by atoms with Crippen LogP contribution >= 0.6 is 22.7 Å². The lowest BCUT2D eigenvalue weighted by Crippen LogP contribution is -2.10. The maximum atomic E-state index is 13.3. The summed E-state index contributed by atoms with van der Waals surface area (Å²) in [4.78, 5) is 2.21. The van der Waals surface area contributed by atoms with Crippen LogP contribution in [0.15, 0.2) is 315 Å². The first-order valence-electron chi connectivity index (χ1n) is 32.9. The predicted molar refractivity (Wildman–Crippen MR) is 410 cm³/mol. The standard InChI is InChI=1S/C89H52N6S2/c90-53-70-81(54-44-47-76-67(50-54)60-30-10-17-37-71(60)91(76)57-24-4-1-5-25-57)86(94-74-40-20-13-33-63(74)84-65-35-15-22-42-79(65)96-88(84)94)83(56-46-49-78-69(52-56)62-32-12-19-39-73(62)93(78)59-28-8-3-9-29-59)87(95-75-41-21-14-34-64(75)85-66-36-16-23-43-80(66)97-89(85)95)82(70)55-45-48-77-68(51-55)61-31-11-18-38-72(61)92(77)58-26-6-2-7-27-58/h1-52H. The number of hydrogen-bond acceptors (Lipinski definition) is 3. The largest absolute Gasteiger partial charge is 0.309 e. The van der Waals surface area contributed by atoms with Gasteiger partial charge in [-0.2, -0.15) is 5.26 Å². The van der Waals surface area contributed by atoms with E-state index in [4.69, 9.17) is 0 Å². The molecule has 0 saturated heterocycles. The van der Waals surface area contributed by atoms with Crippen LogP contribution in [-0.2, 0) is 0 Å². The fourth-order valence-electron chi connectivity index (χ4n) is 16.4. The van der Waals surface area contributed by atoms with Crippen molar-refractivity contribution in [3.8, 4) is 67.9 Å². The van der Waals surface area contributed by atoms with Gasteiger partial charge in [0.25, 0.3) is 0 Å². The summed E-state index contributed by atoms with van der Waals surface area (Å²) in [6, 6.07) is 119. The molecular formula is C89H52N6S2. The molecule has 97 heavy (non-hydrogen) atoms. The molecule has 14 aromatic carbocycles. The highest BCUT2D eigenvalue weighted by molar-refractivity contribution is 7.26. The molecule has 6 nitrogen and oxygen atoms in total. The lowest BCUT2D eigenvalue weighted by Gasteiger charge is -2.28. The normalized spacial score (nSPS) is 12.1. The van der Waals surface area contributed by atoms with Gasteiger partial charge >= 0.3 is 0 Å². The monoisotopic (exact) mass is 1270 g/mol. The second-order valence-corrected chi connectivity index (χ2v) is 27.4. The van der Waals surface area contributed by atoms with Crippen molar-refractivity contribution in [1.29, 1.82) is 5.26 Å². The number of nitriles is 1. The average molecular weight is 1270 g/mol. The Labute approximate surface area is 563 Å². The van der Waals surface area contributed by atoms with Gasteiger partial charge < -0.3 is 13.7 Å². The van der Waals surface area contributed by atoms with Crippen molar-refractivity contribution in [2.75, 3.05) is 0 Å². The van der Waals surface area contributed by atoms with E-state index in [2.05, 4.69) is 344 Å². The van der Waals surface area contributed by atoms with Crippen LogP contribution in [0, 0.1) is 11.3 Å². The maximum absolute atomic E-state index is 13.3. The Balaban J connectivity index is 1.03. The van der Waals surface area contributed by atoms with Crippen molar-refractivity contribution in [2.24, 2.45) is 0 Å². The second-order valence-electron chi connectivity index (χ2n) is 25.3. The van der Waals surface area contributed by atoms with Gasteiger partial charge in [-0.05, 0) is 132 Å². The molecule has 0 atom stereocenters. The first-order valence-corrected chi connectivity index (χ1v) is 34.5. The van der Waals surface area contributed by atoms with E-state index in [0.29, 0.717) is 5.56 Å². The Bertz CT molecular complexity index is 6610. The van der Waals surface area contributed by atoms with Crippen LogP contribution in [0.2, 0.25) is 0 Å². The number of thiophene rings is 2. The molecule has 8 heteroatoms. The van der Waals surface area contributed by atoms with Crippen molar-refractivity contribution in [3.05, 3.63) is 321 Å². The quantitative estimate of drug-likeness (QED) is 0.150. The van der Waals surface area contributed by atoms with Gasteiger partial charge in [-0.25, -0.2) is 0 Å². The van der Waals surface area contributed by atoms with Gasteiger partial charge in [-0.15, -0.1) is 22.7 Å². The highest BCUT2D eigenvalue weighted by atomic mass is 32.1. The molecule has 0 aliphatic rings. The highest BCUT2D eigenvalue weighted by Gasteiger charge is 2.35. The van der Waals surface area contributed by atoms with Crippen LogP contribution in [0.4, 0.5) is 0 Å². The Morgan fingerprint density at radius 2 is 0.515 bits per heavy atom. The molecule has 7 aromatic heterocycles. The van der Waals surface area contributed by atoms with Crippen LogP contribution in [0.1, 0.15) is 5.56 Å². The molecule has 0 aliphatic carbocycles. The minimum atomic E-state index is 0.576. The van der Waals surface area contributed by atoms with Crippen LogP contribution < -0.4 is 0 Å². The van der Waals surface area contributed by atoms with Crippen LogP contribution in [0.25, 0.3) is 190 Å². The average Bonchev–Trinajstić information content (AvgIpc) is 1.62. The topological polar surface area (TPSA) is 48.4 Å². The van der Waals surface area contributed by atoms with E-state index >= 15 is 0 Å². The van der Waals surface area contributed by atoms with Gasteiger partial charge in [-0.3, -0.25) is 9.13 Å². The van der Waals surface area contributed by atoms with Crippen molar-refractivity contribution in [1.82, 2.24) is 22.8 Å². The lowest BCUT2D eigenvalue weighted by molar-refractivity contribution is 1.15. The third kappa shape index (κ3) is 7.63. The molecule has 0 bridgehead atoms. The number of para-hydroxylation sites is 8. The lowest BCUT2D eigenvalue weighted by atomic mass is 9.83. The molecule has 0 fully saturated rings. The second kappa shape index (κ2) is 20.7. The predicted octanol–water partition coefficient (Wildman–Crippen LogP) is 24.5. The molecule has 0 aliphatic heterocycles. The van der Waals surface area contributed by atoms with Gasteiger partial charge in [0.1, 0.15) is 15.7 Å². The number of aromatic nitrogens is 5. The van der Waals surface area contributed by atoms with Gasteiger partial charge in [-0.1, -0.05) is 200 Å². The smallest absolute Gasteiger partial charge is 0.109 e. The van der Waals surface area contributed by atoms with E-state index < -0.39 is 0 Å². The summed E-state index contributed by atoms with van der Waals surface area (Å²) in [5, 5.41) is 27.1. The first kappa shape index (κ1) is 53.9. The van der Waals surface area contributed by atoms with Gasteiger partial charge in [0.15, 0.2) is 0 Å². The molecule has 450 valence electrons. The Morgan fingerprint density at radius 3 is 0.866 bits per heavy atom. The molecular weight excluding hydrogens is 1220 g/mol. The summed E-state index contributed by atoms with van der Waals surface area (Å²) < 4.78 is 14.7. The van der Waals surface area contributed by atoms with Crippen molar-refractivity contribution < 1.29 is 0 Å². The summed E-state index contributed by atoms with van der Waals surface area (Å²) in [5.41, 5.74) is 20.0. The Kier molecular flexibility index (Phi) is 11.5. The number of fused-ring (bicyclic) bond motifs is 19. The van der Waals surface area contributed by atoms with Crippen molar-refractivity contribution >= 4 is 151 Å². The van der Waals surface area contributed by atoms with Gasteiger partial charge in [0, 0.05) is 108 Å². The number of hydrogen-bond donors (Lipinski definition) is 0. The molecule has 0 amide bonds. The summed E-state index contributed by atoms with van der Waals surface area (Å²) in [5.74, 6) is 0. The molecule has 7 heterocycles. The van der Waals surface area contributed by atoms with E-state index in [1.807, 2.05) is 22.7 Å². The molecule has 0 N–H and O–H groups in total. The first-order chi connectivity index (χ1) is 48.1. The van der Waals surface area contributed by atoms with Gasteiger partial charge in [0.05, 0.1) is 61.1 Å². The molecule has 21 aromatic rings. The van der Waals surface area contributed by atoms with E-state index in [0.717, 1.165) is 159 Å². The highest BCUT2D eigenvalue weighted by Crippen LogP contribution is 2.56. The third-order valence-corrected chi connectivity index (χ3v) is 22.6. The number of rotatable bonds is 8. The summed E-state index contributed by atoms with van der Waals surface area (Å²) >= 11 is 3.64. The minimum Gasteiger partial charge on any atom is -0.309 e. The molecule has 0 radical (unpaired) electrons.